The molecule has 1 N–H and O–H groups in total. The molecular weight excluding hydrogens is 482 g/mol. The fourth-order valence-corrected chi connectivity index (χ4v) is 7.79. The van der Waals surface area contributed by atoms with Crippen molar-refractivity contribution in [3.8, 4) is 0 Å². The molecule has 1 aliphatic heterocycles. The van der Waals surface area contributed by atoms with E-state index in [0.717, 1.165) is 23.5 Å². The van der Waals surface area contributed by atoms with Crippen molar-refractivity contribution < 1.29 is 27.6 Å². The third-order valence-electron chi connectivity index (χ3n) is 7.58. The van der Waals surface area contributed by atoms with Gasteiger partial charge in [0.15, 0.2) is 0 Å². The molecule has 0 aromatic rings. The van der Waals surface area contributed by atoms with Gasteiger partial charge in [-0.15, -0.1) is 0 Å². The van der Waals surface area contributed by atoms with Crippen molar-refractivity contribution >= 4 is 8.80 Å². The largest absolute Gasteiger partial charge is 0.501 e. The molecule has 0 radical (unpaired) electrons. The van der Waals surface area contributed by atoms with E-state index in [0.29, 0.717) is 26.4 Å². The van der Waals surface area contributed by atoms with Crippen LogP contribution >= 0.6 is 0 Å². The molecule has 0 spiro atoms. The Labute approximate surface area is 231 Å². The van der Waals surface area contributed by atoms with E-state index >= 15 is 0 Å². The topological polar surface area (TPSA) is 57.2 Å². The molecule has 1 aliphatic rings. The zero-order valence-corrected chi connectivity index (χ0v) is 26.3. The van der Waals surface area contributed by atoms with E-state index in [1.807, 2.05) is 6.92 Å². The van der Waals surface area contributed by atoms with Crippen molar-refractivity contribution in [2.75, 3.05) is 60.2 Å². The minimum absolute atomic E-state index is 0.226. The predicted octanol–water partition coefficient (Wildman–Crippen LogP) is 7.11. The van der Waals surface area contributed by atoms with Gasteiger partial charge in [-0.2, -0.15) is 0 Å². The standard InChI is InChI=1S/C30H64NO5Si/c1-5-7-8-9-10-11-12-13-14-15-16-17-18-19-20-21-23-31(3,4)24-22-27-37(34-6-2)35-26-25-33-28-30(32)29-36-37/h30,32H,5-29H2,1-4H3/q+1. The van der Waals surface area contributed by atoms with Crippen LogP contribution in [0.4, 0.5) is 0 Å². The fraction of sp³-hybridized carbons (Fsp3) is 1.00. The second-order valence-corrected chi connectivity index (χ2v) is 14.5. The van der Waals surface area contributed by atoms with Crippen molar-refractivity contribution in [1.82, 2.24) is 0 Å². The first-order chi connectivity index (χ1) is 17.9. The summed E-state index contributed by atoms with van der Waals surface area (Å²) in [6.45, 7) is 8.62. The summed E-state index contributed by atoms with van der Waals surface area (Å²) in [5, 5.41) is 10.0. The third-order valence-corrected chi connectivity index (χ3v) is 10.5. The molecule has 0 aliphatic carbocycles. The maximum absolute atomic E-state index is 10.0. The Balaban J connectivity index is 2.05. The summed E-state index contributed by atoms with van der Waals surface area (Å²) in [7, 11) is 1.91. The fourth-order valence-electron chi connectivity index (χ4n) is 5.23. The van der Waals surface area contributed by atoms with E-state index in [1.165, 1.54) is 109 Å². The lowest BCUT2D eigenvalue weighted by molar-refractivity contribution is -0.890. The summed E-state index contributed by atoms with van der Waals surface area (Å²) in [6.07, 6.45) is 23.0. The van der Waals surface area contributed by atoms with Crippen LogP contribution in [0.25, 0.3) is 0 Å². The number of aliphatic hydroxyl groups is 1. The van der Waals surface area contributed by atoms with Gasteiger partial charge in [0.1, 0.15) is 0 Å². The second-order valence-electron chi connectivity index (χ2n) is 11.8. The molecule has 1 fully saturated rings. The molecular formula is C30H64NO5Si+. The van der Waals surface area contributed by atoms with Crippen LogP contribution in [-0.2, 0) is 18.0 Å². The molecule has 37 heavy (non-hydrogen) atoms. The van der Waals surface area contributed by atoms with Crippen molar-refractivity contribution in [2.24, 2.45) is 0 Å². The van der Waals surface area contributed by atoms with E-state index in [2.05, 4.69) is 21.0 Å². The van der Waals surface area contributed by atoms with Crippen LogP contribution in [0.3, 0.4) is 0 Å². The molecule has 2 atom stereocenters. The Morgan fingerprint density at radius 3 is 1.73 bits per heavy atom. The summed E-state index contributed by atoms with van der Waals surface area (Å²) in [4.78, 5) is 0. The maximum atomic E-state index is 10.0. The van der Waals surface area contributed by atoms with E-state index in [-0.39, 0.29) is 6.61 Å². The molecule has 0 aromatic carbocycles. The minimum Gasteiger partial charge on any atom is -0.388 e. The third kappa shape index (κ3) is 19.6. The number of quaternary nitrogens is 1. The lowest BCUT2D eigenvalue weighted by Crippen LogP contribution is -2.49. The highest BCUT2D eigenvalue weighted by atomic mass is 28.4. The highest BCUT2D eigenvalue weighted by Gasteiger charge is 2.42. The molecule has 222 valence electrons. The molecule has 0 bridgehead atoms. The highest BCUT2D eigenvalue weighted by Crippen LogP contribution is 2.21. The predicted molar refractivity (Wildman–Crippen MR) is 157 cm³/mol. The first-order valence-corrected chi connectivity index (χ1v) is 17.9. The lowest BCUT2D eigenvalue weighted by atomic mass is 10.0. The molecule has 2 unspecified atom stereocenters. The summed E-state index contributed by atoms with van der Waals surface area (Å²) in [5.74, 6) is 0. The van der Waals surface area contributed by atoms with E-state index in [1.54, 1.807) is 0 Å². The Bertz CT molecular complexity index is 510. The number of hydrogen-bond acceptors (Lipinski definition) is 5. The zero-order chi connectivity index (χ0) is 27.1. The van der Waals surface area contributed by atoms with E-state index in [9.17, 15) is 5.11 Å². The lowest BCUT2D eigenvalue weighted by Gasteiger charge is -2.33. The number of ether oxygens (including phenoxy) is 1. The molecule has 6 nitrogen and oxygen atoms in total. The van der Waals surface area contributed by atoms with Gasteiger partial charge >= 0.3 is 8.80 Å². The highest BCUT2D eigenvalue weighted by molar-refractivity contribution is 6.60. The average Bonchev–Trinajstić information content (AvgIpc) is 2.95. The van der Waals surface area contributed by atoms with Crippen LogP contribution < -0.4 is 0 Å². The van der Waals surface area contributed by atoms with Gasteiger partial charge in [0.25, 0.3) is 0 Å². The Kier molecular flexibility index (Phi) is 21.5. The summed E-state index contributed by atoms with van der Waals surface area (Å²) in [6, 6.07) is 0.800. The zero-order valence-electron chi connectivity index (χ0n) is 25.3. The molecule has 0 amide bonds. The summed E-state index contributed by atoms with van der Waals surface area (Å²) < 4.78 is 24.7. The molecule has 1 heterocycles. The number of unbranched alkanes of at least 4 members (excludes halogenated alkanes) is 15. The van der Waals surface area contributed by atoms with Gasteiger partial charge in [0.2, 0.25) is 0 Å². The Morgan fingerprint density at radius 2 is 1.19 bits per heavy atom. The van der Waals surface area contributed by atoms with Crippen LogP contribution in [0, 0.1) is 0 Å². The van der Waals surface area contributed by atoms with Gasteiger partial charge in [-0.25, -0.2) is 0 Å². The maximum Gasteiger partial charge on any atom is 0.501 e. The van der Waals surface area contributed by atoms with Gasteiger partial charge in [-0.1, -0.05) is 96.8 Å². The Morgan fingerprint density at radius 1 is 0.676 bits per heavy atom. The summed E-state index contributed by atoms with van der Waals surface area (Å²) >= 11 is 0. The number of rotatable bonds is 23. The molecule has 1 saturated heterocycles. The second kappa shape index (κ2) is 22.8. The first-order valence-electron chi connectivity index (χ1n) is 15.9. The molecule has 1 rings (SSSR count). The van der Waals surface area contributed by atoms with Crippen molar-refractivity contribution in [2.45, 2.75) is 135 Å². The van der Waals surface area contributed by atoms with Gasteiger partial charge < -0.3 is 27.6 Å². The number of aliphatic hydroxyl groups excluding tert-OH is 1. The van der Waals surface area contributed by atoms with Crippen molar-refractivity contribution in [1.29, 1.82) is 0 Å². The van der Waals surface area contributed by atoms with Crippen LogP contribution in [-0.4, -0.2) is 84.7 Å². The van der Waals surface area contributed by atoms with Crippen LogP contribution in [0.1, 0.15) is 123 Å². The molecule has 0 aromatic heterocycles. The normalized spacial score (nSPS) is 21.5. The number of nitrogens with zero attached hydrogens (tertiary/aromatic N) is 1. The monoisotopic (exact) mass is 546 g/mol. The summed E-state index contributed by atoms with van der Waals surface area (Å²) in [5.41, 5.74) is 0. The molecule has 7 heteroatoms. The molecule has 0 saturated carbocycles. The van der Waals surface area contributed by atoms with Gasteiger partial charge in [-0.05, 0) is 19.8 Å². The van der Waals surface area contributed by atoms with E-state index in [4.69, 9.17) is 18.0 Å². The SMILES string of the molecule is CCCCCCCCCCCCCCCCCC[N+](C)(C)CCC[Si]1(OCC)OCCOCC(O)CO1. The number of hydrogen-bond donors (Lipinski definition) is 1. The van der Waals surface area contributed by atoms with E-state index < -0.39 is 14.9 Å². The van der Waals surface area contributed by atoms with Crippen LogP contribution in [0.2, 0.25) is 6.04 Å². The van der Waals surface area contributed by atoms with Gasteiger partial charge in [0.05, 0.1) is 59.7 Å². The quantitative estimate of drug-likeness (QED) is 0.0840. The first kappa shape index (κ1) is 35.0. The minimum atomic E-state index is -2.77. The van der Waals surface area contributed by atoms with Crippen LogP contribution in [0.15, 0.2) is 0 Å². The Hall–Kier alpha value is -0.0231. The van der Waals surface area contributed by atoms with Gasteiger partial charge in [0, 0.05) is 19.1 Å². The average molecular weight is 547 g/mol. The van der Waals surface area contributed by atoms with Gasteiger partial charge in [-0.3, -0.25) is 0 Å². The van der Waals surface area contributed by atoms with Crippen molar-refractivity contribution in [3.63, 3.8) is 0 Å². The van der Waals surface area contributed by atoms with Crippen LogP contribution in [0.5, 0.6) is 0 Å². The smallest absolute Gasteiger partial charge is 0.388 e. The van der Waals surface area contributed by atoms with Crippen molar-refractivity contribution in [3.05, 3.63) is 0 Å².